The Hall–Kier alpha value is -1.71. The highest BCUT2D eigenvalue weighted by Gasteiger charge is 2.03. The van der Waals surface area contributed by atoms with Gasteiger partial charge in [-0.15, -0.1) is 0 Å². The van der Waals surface area contributed by atoms with Gasteiger partial charge in [0.25, 0.3) is 0 Å². The maximum absolute atomic E-state index is 5.76. The molecule has 106 valence electrons. The summed E-state index contributed by atoms with van der Waals surface area (Å²) in [4.78, 5) is 4.35. The number of hydrogen-bond acceptors (Lipinski definition) is 2. The van der Waals surface area contributed by atoms with Gasteiger partial charge in [0.1, 0.15) is 5.75 Å². The number of ether oxygens (including phenoxy) is 1. The van der Waals surface area contributed by atoms with Crippen molar-refractivity contribution in [1.29, 1.82) is 0 Å². The van der Waals surface area contributed by atoms with E-state index in [1.165, 1.54) is 5.56 Å². The molecule has 1 unspecified atom stereocenters. The van der Waals surface area contributed by atoms with Gasteiger partial charge in [-0.3, -0.25) is 4.99 Å². The molecule has 0 aliphatic rings. The van der Waals surface area contributed by atoms with Crippen molar-refractivity contribution in [2.24, 2.45) is 16.6 Å². The third kappa shape index (κ3) is 6.13. The van der Waals surface area contributed by atoms with Crippen LogP contribution >= 0.6 is 0 Å². The van der Waals surface area contributed by atoms with E-state index in [9.17, 15) is 0 Å². The minimum absolute atomic E-state index is 0.468. The highest BCUT2D eigenvalue weighted by Crippen LogP contribution is 2.14. The number of aliphatic imine (C=N–C) groups is 1. The Balaban J connectivity index is 2.39. The van der Waals surface area contributed by atoms with Crippen LogP contribution in [0.15, 0.2) is 29.3 Å². The van der Waals surface area contributed by atoms with E-state index in [1.54, 1.807) is 7.11 Å². The molecule has 0 spiro atoms. The Labute approximate surface area is 116 Å². The molecule has 0 radical (unpaired) electrons. The number of methoxy groups -OCH3 is 1. The van der Waals surface area contributed by atoms with Crippen molar-refractivity contribution in [3.63, 3.8) is 0 Å². The summed E-state index contributed by atoms with van der Waals surface area (Å²) < 4.78 is 5.14. The van der Waals surface area contributed by atoms with Crippen LogP contribution in [0.4, 0.5) is 0 Å². The second kappa shape index (κ2) is 8.40. The average Bonchev–Trinajstić information content (AvgIpc) is 2.43. The summed E-state index contributed by atoms with van der Waals surface area (Å²) >= 11 is 0. The van der Waals surface area contributed by atoms with Crippen LogP contribution in [0.25, 0.3) is 0 Å². The molecule has 0 fully saturated rings. The molecule has 0 saturated carbocycles. The van der Waals surface area contributed by atoms with Crippen LogP contribution in [-0.2, 0) is 6.42 Å². The van der Waals surface area contributed by atoms with Gasteiger partial charge in [-0.1, -0.05) is 26.0 Å². The monoisotopic (exact) mass is 263 g/mol. The van der Waals surface area contributed by atoms with Crippen molar-refractivity contribution in [1.82, 2.24) is 5.32 Å². The molecule has 0 aliphatic heterocycles. The normalized spacial score (nSPS) is 13.1. The molecule has 4 nitrogen and oxygen atoms in total. The summed E-state index contributed by atoms with van der Waals surface area (Å²) in [6.07, 6.45) is 2.05. The highest BCUT2D eigenvalue weighted by molar-refractivity contribution is 5.77. The lowest BCUT2D eigenvalue weighted by Gasteiger charge is -2.10. The van der Waals surface area contributed by atoms with Gasteiger partial charge in [-0.05, 0) is 36.5 Å². The van der Waals surface area contributed by atoms with Crippen molar-refractivity contribution in [3.8, 4) is 5.75 Å². The topological polar surface area (TPSA) is 59.6 Å². The third-order valence-corrected chi connectivity index (χ3v) is 2.87. The van der Waals surface area contributed by atoms with Crippen LogP contribution in [0.2, 0.25) is 0 Å². The Morgan fingerprint density at radius 1 is 1.37 bits per heavy atom. The van der Waals surface area contributed by atoms with E-state index in [1.807, 2.05) is 12.1 Å². The van der Waals surface area contributed by atoms with Gasteiger partial charge in [-0.25, -0.2) is 0 Å². The first-order valence-corrected chi connectivity index (χ1v) is 6.82. The van der Waals surface area contributed by atoms with E-state index < -0.39 is 0 Å². The van der Waals surface area contributed by atoms with Crippen LogP contribution < -0.4 is 15.8 Å². The van der Waals surface area contributed by atoms with Gasteiger partial charge in [0.2, 0.25) is 0 Å². The first-order valence-electron chi connectivity index (χ1n) is 6.82. The summed E-state index contributed by atoms with van der Waals surface area (Å²) in [5, 5.41) is 3.08. The van der Waals surface area contributed by atoms with Crippen molar-refractivity contribution in [3.05, 3.63) is 29.8 Å². The van der Waals surface area contributed by atoms with Gasteiger partial charge in [0.15, 0.2) is 5.96 Å². The van der Waals surface area contributed by atoms with Crippen molar-refractivity contribution in [2.75, 3.05) is 20.2 Å². The van der Waals surface area contributed by atoms with E-state index in [0.717, 1.165) is 31.7 Å². The zero-order valence-electron chi connectivity index (χ0n) is 12.1. The lowest BCUT2D eigenvalue weighted by Crippen LogP contribution is -2.32. The smallest absolute Gasteiger partial charge is 0.188 e. The Kier molecular flexibility index (Phi) is 6.79. The predicted octanol–water partition coefficient (Wildman–Crippen LogP) is 2.19. The molecule has 3 N–H and O–H groups in total. The number of nitrogens with two attached hydrogens (primary N) is 1. The Bertz CT molecular complexity index is 387. The molecule has 0 heterocycles. The number of benzene rings is 1. The number of nitrogens with zero attached hydrogens (tertiary/aromatic N) is 1. The summed E-state index contributed by atoms with van der Waals surface area (Å²) in [5.41, 5.74) is 7.06. The van der Waals surface area contributed by atoms with Crippen molar-refractivity contribution in [2.45, 2.75) is 26.7 Å². The molecule has 0 bridgehead atoms. The Morgan fingerprint density at radius 2 is 2.05 bits per heavy atom. The van der Waals surface area contributed by atoms with Crippen LogP contribution in [0.1, 0.15) is 25.8 Å². The zero-order chi connectivity index (χ0) is 14.1. The molecule has 0 amide bonds. The predicted molar refractivity (Wildman–Crippen MR) is 80.6 cm³/mol. The van der Waals surface area contributed by atoms with Gasteiger partial charge in [-0.2, -0.15) is 0 Å². The van der Waals surface area contributed by atoms with Gasteiger partial charge in [0, 0.05) is 13.1 Å². The summed E-state index contributed by atoms with van der Waals surface area (Å²) in [7, 11) is 1.68. The van der Waals surface area contributed by atoms with E-state index in [-0.39, 0.29) is 0 Å². The van der Waals surface area contributed by atoms with Gasteiger partial charge >= 0.3 is 0 Å². The average molecular weight is 263 g/mol. The maximum Gasteiger partial charge on any atom is 0.188 e. The van der Waals surface area contributed by atoms with E-state index in [2.05, 4.69) is 36.3 Å². The summed E-state index contributed by atoms with van der Waals surface area (Å²) in [6.45, 7) is 5.91. The van der Waals surface area contributed by atoms with Crippen LogP contribution in [0, 0.1) is 5.92 Å². The SMILES string of the molecule is CCCNC(N)=NCC(C)Cc1ccc(OC)cc1. The van der Waals surface area contributed by atoms with Crippen molar-refractivity contribution >= 4 is 5.96 Å². The number of nitrogens with one attached hydrogen (secondary N) is 1. The molecule has 0 saturated heterocycles. The van der Waals surface area contributed by atoms with Crippen molar-refractivity contribution < 1.29 is 4.74 Å². The minimum Gasteiger partial charge on any atom is -0.497 e. The third-order valence-electron chi connectivity index (χ3n) is 2.87. The highest BCUT2D eigenvalue weighted by atomic mass is 16.5. The maximum atomic E-state index is 5.76. The zero-order valence-corrected chi connectivity index (χ0v) is 12.1. The first kappa shape index (κ1) is 15.3. The van der Waals surface area contributed by atoms with E-state index >= 15 is 0 Å². The molecular weight excluding hydrogens is 238 g/mol. The first-order chi connectivity index (χ1) is 9.15. The molecule has 1 aromatic rings. The Morgan fingerprint density at radius 3 is 2.63 bits per heavy atom. The van der Waals surface area contributed by atoms with Gasteiger partial charge in [0.05, 0.1) is 7.11 Å². The van der Waals surface area contributed by atoms with Crippen LogP contribution in [-0.4, -0.2) is 26.2 Å². The quantitative estimate of drug-likeness (QED) is 0.585. The van der Waals surface area contributed by atoms with Crippen LogP contribution in [0.5, 0.6) is 5.75 Å². The second-order valence-corrected chi connectivity index (χ2v) is 4.81. The molecule has 4 heteroatoms. The number of hydrogen-bond donors (Lipinski definition) is 2. The molecular formula is C15H25N3O. The summed E-state index contributed by atoms with van der Waals surface area (Å²) in [5.74, 6) is 1.90. The summed E-state index contributed by atoms with van der Waals surface area (Å²) in [6, 6.07) is 8.17. The number of rotatable bonds is 7. The minimum atomic E-state index is 0.468. The van der Waals surface area contributed by atoms with E-state index in [4.69, 9.17) is 10.5 Å². The standard InChI is InChI=1S/C15H25N3O/c1-4-9-17-15(16)18-11-12(2)10-13-5-7-14(19-3)8-6-13/h5-8,12H,4,9-11H2,1-3H3,(H3,16,17,18). The molecule has 0 aromatic heterocycles. The van der Waals surface area contributed by atoms with Gasteiger partial charge < -0.3 is 15.8 Å². The molecule has 1 aromatic carbocycles. The molecule has 0 aliphatic carbocycles. The fourth-order valence-corrected chi connectivity index (χ4v) is 1.79. The second-order valence-electron chi connectivity index (χ2n) is 4.81. The molecule has 1 atom stereocenters. The fourth-order valence-electron chi connectivity index (χ4n) is 1.79. The molecule has 1 rings (SSSR count). The largest absolute Gasteiger partial charge is 0.497 e. The van der Waals surface area contributed by atoms with E-state index in [0.29, 0.717) is 11.9 Å². The fraction of sp³-hybridized carbons (Fsp3) is 0.533. The lowest BCUT2D eigenvalue weighted by molar-refractivity contribution is 0.414. The number of guanidine groups is 1. The molecule has 19 heavy (non-hydrogen) atoms. The van der Waals surface area contributed by atoms with Crippen LogP contribution in [0.3, 0.4) is 0 Å². The lowest BCUT2D eigenvalue weighted by atomic mass is 10.0.